The van der Waals surface area contributed by atoms with Gasteiger partial charge in [-0.25, -0.2) is 21.9 Å². The third-order valence-corrected chi connectivity index (χ3v) is 11.2. The zero-order valence-corrected chi connectivity index (χ0v) is 23.0. The minimum Gasteiger partial charge on any atom is -0.333 e. The fourth-order valence-electron chi connectivity index (χ4n) is 6.53. The average molecular weight is 599 g/mol. The number of carbonyl (C=O) groups is 2. The Morgan fingerprint density at radius 3 is 2.64 bits per heavy atom. The van der Waals surface area contributed by atoms with Gasteiger partial charge in [-0.2, -0.15) is 8.42 Å². The second-order valence-corrected chi connectivity index (χ2v) is 14.7. The number of anilines is 1. The van der Waals surface area contributed by atoms with E-state index in [1.165, 1.54) is 16.3 Å². The number of sulfonamides is 2. The molecular formula is C24H24F2N4O6S3. The first kappa shape index (κ1) is 26.5. The molecule has 0 spiro atoms. The van der Waals surface area contributed by atoms with Crippen LogP contribution in [-0.4, -0.2) is 51.6 Å². The third-order valence-electron chi connectivity index (χ3n) is 8.06. The molecule has 3 heterocycles. The first-order chi connectivity index (χ1) is 18.3. The maximum absolute atomic E-state index is 14.6. The van der Waals surface area contributed by atoms with Crippen LogP contribution in [-0.2, 0) is 42.7 Å². The molecule has 2 aliphatic carbocycles. The minimum atomic E-state index is -4.39. The van der Waals surface area contributed by atoms with Crippen LogP contribution in [0.2, 0.25) is 0 Å². The first-order valence-electron chi connectivity index (χ1n) is 12.3. The molecule has 208 valence electrons. The molecule has 2 aliphatic heterocycles. The lowest BCUT2D eigenvalue weighted by Crippen LogP contribution is -2.61. The van der Waals surface area contributed by atoms with E-state index in [9.17, 15) is 35.2 Å². The summed E-state index contributed by atoms with van der Waals surface area (Å²) in [4.78, 5) is 28.9. The van der Waals surface area contributed by atoms with E-state index in [-0.39, 0.29) is 51.8 Å². The summed E-state index contributed by atoms with van der Waals surface area (Å²) in [5, 5.41) is 4.43. The molecule has 0 radical (unpaired) electrons. The number of ketones is 1. The Bertz CT molecular complexity index is 1660. The summed E-state index contributed by atoms with van der Waals surface area (Å²) in [6.07, 6.45) is 3.33. The topological polar surface area (TPSA) is 142 Å². The Morgan fingerprint density at radius 2 is 1.92 bits per heavy atom. The van der Waals surface area contributed by atoms with Crippen LogP contribution in [0.15, 0.2) is 32.9 Å². The van der Waals surface area contributed by atoms with Gasteiger partial charge in [-0.1, -0.05) is 6.07 Å². The number of amides is 1. The third kappa shape index (κ3) is 4.48. The molecule has 6 rings (SSSR count). The number of fused-ring (bicyclic) bond motifs is 6. The molecule has 3 fully saturated rings. The lowest BCUT2D eigenvalue weighted by molar-refractivity contribution is -0.153. The number of piperidine rings is 1. The van der Waals surface area contributed by atoms with Crippen molar-refractivity contribution < 1.29 is 35.2 Å². The maximum Gasteiger partial charge on any atom is 0.287 e. The second kappa shape index (κ2) is 9.14. The van der Waals surface area contributed by atoms with E-state index in [1.807, 2.05) is 0 Å². The van der Waals surface area contributed by atoms with Crippen molar-refractivity contribution in [3.63, 3.8) is 0 Å². The number of hydrogen-bond donors (Lipinski definition) is 2. The molecule has 2 saturated carbocycles. The molecule has 10 nitrogen and oxygen atoms in total. The van der Waals surface area contributed by atoms with Gasteiger partial charge in [-0.15, -0.1) is 15.7 Å². The number of likely N-dealkylation sites (tertiary alicyclic amines) is 1. The van der Waals surface area contributed by atoms with Gasteiger partial charge < -0.3 is 10.2 Å². The highest BCUT2D eigenvalue weighted by Crippen LogP contribution is 2.54. The van der Waals surface area contributed by atoms with Crippen molar-refractivity contribution in [3.05, 3.63) is 46.3 Å². The van der Waals surface area contributed by atoms with Crippen LogP contribution < -0.4 is 10.0 Å². The van der Waals surface area contributed by atoms with E-state index >= 15 is 0 Å². The van der Waals surface area contributed by atoms with E-state index in [2.05, 4.69) is 14.4 Å². The summed E-state index contributed by atoms with van der Waals surface area (Å²) >= 11 is 0.986. The van der Waals surface area contributed by atoms with Gasteiger partial charge in [-0.05, 0) is 42.5 Å². The number of nitrogens with zero attached hydrogens (tertiary/aromatic N) is 2. The lowest BCUT2D eigenvalue weighted by Gasteiger charge is -2.45. The molecule has 2 N–H and O–H groups in total. The number of halogens is 2. The molecule has 2 bridgehead atoms. The molecular weight excluding hydrogens is 574 g/mol. The minimum absolute atomic E-state index is 0.0235. The van der Waals surface area contributed by atoms with Crippen LogP contribution in [0.5, 0.6) is 0 Å². The summed E-state index contributed by atoms with van der Waals surface area (Å²) in [6.45, 7) is -0.466. The van der Waals surface area contributed by atoms with Crippen molar-refractivity contribution in [2.75, 3.05) is 11.6 Å². The molecule has 3 unspecified atom stereocenters. The number of hydrogen-bond acceptors (Lipinski definition) is 8. The van der Waals surface area contributed by atoms with Crippen molar-refractivity contribution >= 4 is 53.9 Å². The molecule has 4 aliphatic rings. The summed E-state index contributed by atoms with van der Waals surface area (Å²) in [6, 6.07) is 2.65. The quantitative estimate of drug-likeness (QED) is 0.486. The maximum atomic E-state index is 14.6. The van der Waals surface area contributed by atoms with Gasteiger partial charge in [0.25, 0.3) is 10.0 Å². The van der Waals surface area contributed by atoms with Crippen LogP contribution in [0.1, 0.15) is 30.4 Å². The number of amidine groups is 1. The zero-order chi connectivity index (χ0) is 27.9. The Morgan fingerprint density at radius 1 is 1.18 bits per heavy atom. The van der Waals surface area contributed by atoms with Gasteiger partial charge in [0.05, 0.1) is 6.26 Å². The molecule has 2 aromatic rings. The van der Waals surface area contributed by atoms with Crippen LogP contribution in [0, 0.1) is 35.3 Å². The van der Waals surface area contributed by atoms with Gasteiger partial charge in [0.15, 0.2) is 11.7 Å². The molecule has 1 amide bonds. The number of Topliss-reactive ketones (excluding diaryl/α,β-unsaturated/α-hetero) is 1. The highest BCUT2D eigenvalue weighted by Gasteiger charge is 2.61. The number of benzene rings is 1. The van der Waals surface area contributed by atoms with E-state index in [0.717, 1.165) is 49.0 Å². The largest absolute Gasteiger partial charge is 0.333 e. The van der Waals surface area contributed by atoms with E-state index in [4.69, 9.17) is 0 Å². The highest BCUT2D eigenvalue weighted by atomic mass is 32.2. The van der Waals surface area contributed by atoms with Crippen molar-refractivity contribution in [3.8, 4) is 0 Å². The van der Waals surface area contributed by atoms with Crippen molar-refractivity contribution in [2.45, 2.75) is 43.3 Å². The standard InChI is InChI=1S/C24H24F2N4O6S3/c1-38(33,34)27-8-14-10-37-23-21(14)39(35,36)29-22(28-23)18-20(31)17-11-2-3-12(6-11)19(17)30(24(18)32)9-13-4-5-15(25)7-16(13)26/h4-5,7,10-12,17-19,27H,2-3,6,8-9H2,1H3,(H,28,29)/t11-,12+,17?,18?,19?/m0/s1. The summed E-state index contributed by atoms with van der Waals surface area (Å²) in [5.74, 6) is -4.97. The molecule has 1 saturated heterocycles. The average Bonchev–Trinajstić information content (AvgIpc) is 3.56. The Labute approximate surface area is 227 Å². The van der Waals surface area contributed by atoms with Crippen LogP contribution in [0.4, 0.5) is 13.8 Å². The normalized spacial score (nSPS) is 29.2. The van der Waals surface area contributed by atoms with Crippen molar-refractivity contribution in [1.29, 1.82) is 0 Å². The number of nitrogens with one attached hydrogen (secondary N) is 2. The first-order valence-corrected chi connectivity index (χ1v) is 16.5. The van der Waals surface area contributed by atoms with Gasteiger partial charge in [0.2, 0.25) is 15.9 Å². The molecule has 1 aromatic carbocycles. The molecule has 5 atom stereocenters. The molecule has 15 heteroatoms. The fourth-order valence-corrected chi connectivity index (χ4v) is 9.59. The molecule has 39 heavy (non-hydrogen) atoms. The summed E-state index contributed by atoms with van der Waals surface area (Å²) in [7, 11) is -7.98. The SMILES string of the molecule is CS(=O)(=O)NCc1csc2c1S(=O)(=O)N=C(C1C(=O)C3C([C@@H]4CC[C@H]3C4)N(Cc3ccc(F)cc3F)C1=O)N2. The van der Waals surface area contributed by atoms with Crippen LogP contribution >= 0.6 is 11.3 Å². The monoisotopic (exact) mass is 598 g/mol. The van der Waals surface area contributed by atoms with E-state index in [0.29, 0.717) is 0 Å². The van der Waals surface area contributed by atoms with Crippen LogP contribution in [0.3, 0.4) is 0 Å². The van der Waals surface area contributed by atoms with Gasteiger partial charge in [0.1, 0.15) is 27.4 Å². The predicted molar refractivity (Wildman–Crippen MR) is 138 cm³/mol. The van der Waals surface area contributed by atoms with Crippen molar-refractivity contribution in [2.24, 2.45) is 28.1 Å². The Balaban J connectivity index is 1.37. The van der Waals surface area contributed by atoms with Crippen molar-refractivity contribution in [1.82, 2.24) is 9.62 Å². The summed E-state index contributed by atoms with van der Waals surface area (Å²) in [5.41, 5.74) is 0.271. The van der Waals surface area contributed by atoms with E-state index in [1.54, 1.807) is 0 Å². The van der Waals surface area contributed by atoms with Crippen LogP contribution in [0.25, 0.3) is 0 Å². The predicted octanol–water partition coefficient (Wildman–Crippen LogP) is 2.23. The lowest BCUT2D eigenvalue weighted by atomic mass is 9.73. The number of rotatable bonds is 6. The van der Waals surface area contributed by atoms with Gasteiger partial charge >= 0.3 is 0 Å². The fraction of sp³-hybridized carbons (Fsp3) is 0.458. The van der Waals surface area contributed by atoms with Gasteiger partial charge in [0, 0.05) is 42.2 Å². The van der Waals surface area contributed by atoms with E-state index < -0.39 is 61.2 Å². The smallest absolute Gasteiger partial charge is 0.287 e. The zero-order valence-electron chi connectivity index (χ0n) is 20.6. The second-order valence-electron chi connectivity index (χ2n) is 10.5. The summed E-state index contributed by atoms with van der Waals surface area (Å²) < 4.78 is 83.7. The van der Waals surface area contributed by atoms with Gasteiger partial charge in [-0.3, -0.25) is 9.59 Å². The number of carbonyl (C=O) groups excluding carboxylic acids is 2. The molecule has 1 aromatic heterocycles. The highest BCUT2D eigenvalue weighted by molar-refractivity contribution is 7.91. The Kier molecular flexibility index (Phi) is 6.21. The Hall–Kier alpha value is -2.75. The number of thiophene rings is 1.